The summed E-state index contributed by atoms with van der Waals surface area (Å²) >= 11 is 2.19. The van der Waals surface area contributed by atoms with Crippen LogP contribution in [0.2, 0.25) is 0 Å². The van der Waals surface area contributed by atoms with Crippen molar-refractivity contribution in [2.24, 2.45) is 0 Å². The zero-order chi connectivity index (χ0) is 17.5. The first-order chi connectivity index (χ1) is 11.5. The van der Waals surface area contributed by atoms with Gasteiger partial charge in [-0.15, -0.1) is 0 Å². The number of benzene rings is 2. The fourth-order valence-electron chi connectivity index (χ4n) is 2.07. The first kappa shape index (κ1) is 18.1. The van der Waals surface area contributed by atoms with E-state index < -0.39 is 0 Å². The highest BCUT2D eigenvalue weighted by Crippen LogP contribution is 2.27. The molecule has 0 atom stereocenters. The molecule has 2 aromatic carbocycles. The highest BCUT2D eigenvalue weighted by atomic mass is 127. The van der Waals surface area contributed by atoms with Gasteiger partial charge in [-0.05, 0) is 59.0 Å². The minimum absolute atomic E-state index is 0.0748. The topological polar surface area (TPSA) is 79.5 Å². The second-order valence-electron chi connectivity index (χ2n) is 5.01. The lowest BCUT2D eigenvalue weighted by molar-refractivity contribution is -0.115. The molecule has 126 valence electrons. The SMILES string of the molecule is COc1ccc(NC(C)=O)cc1NCC(=O)Nc1cccc(I)c1. The molecule has 0 radical (unpaired) electrons. The minimum Gasteiger partial charge on any atom is -0.495 e. The number of ether oxygens (including phenoxy) is 1. The molecular weight excluding hydrogens is 421 g/mol. The van der Waals surface area contributed by atoms with Crippen LogP contribution in [0.15, 0.2) is 42.5 Å². The molecule has 0 fully saturated rings. The van der Waals surface area contributed by atoms with Gasteiger partial charge in [-0.2, -0.15) is 0 Å². The molecule has 0 aliphatic carbocycles. The lowest BCUT2D eigenvalue weighted by Crippen LogP contribution is -2.22. The summed E-state index contributed by atoms with van der Waals surface area (Å²) in [5, 5.41) is 8.54. The van der Waals surface area contributed by atoms with Crippen LogP contribution < -0.4 is 20.7 Å². The zero-order valence-electron chi connectivity index (χ0n) is 13.4. The average Bonchev–Trinajstić information content (AvgIpc) is 2.52. The van der Waals surface area contributed by atoms with E-state index in [1.807, 2.05) is 24.3 Å². The van der Waals surface area contributed by atoms with Gasteiger partial charge in [0, 0.05) is 21.9 Å². The van der Waals surface area contributed by atoms with E-state index >= 15 is 0 Å². The number of carbonyl (C=O) groups is 2. The molecule has 0 unspecified atom stereocenters. The number of amides is 2. The Morgan fingerprint density at radius 2 is 1.83 bits per heavy atom. The highest BCUT2D eigenvalue weighted by Gasteiger charge is 2.08. The van der Waals surface area contributed by atoms with Crippen LogP contribution >= 0.6 is 22.6 Å². The molecule has 6 nitrogen and oxygen atoms in total. The Morgan fingerprint density at radius 3 is 2.50 bits per heavy atom. The van der Waals surface area contributed by atoms with Gasteiger partial charge in [0.15, 0.2) is 0 Å². The van der Waals surface area contributed by atoms with Crippen LogP contribution in [0.3, 0.4) is 0 Å². The Balaban J connectivity index is 2.01. The average molecular weight is 439 g/mol. The molecule has 2 rings (SSSR count). The van der Waals surface area contributed by atoms with Crippen LogP contribution in [0.5, 0.6) is 5.75 Å². The standard InChI is InChI=1S/C17H18IN3O3/c1-11(22)20-14-6-7-16(24-2)15(9-14)19-10-17(23)21-13-5-3-4-12(18)8-13/h3-9,19H,10H2,1-2H3,(H,20,22)(H,21,23). The maximum Gasteiger partial charge on any atom is 0.243 e. The van der Waals surface area contributed by atoms with Gasteiger partial charge in [0.2, 0.25) is 11.8 Å². The van der Waals surface area contributed by atoms with Gasteiger partial charge in [-0.3, -0.25) is 9.59 Å². The van der Waals surface area contributed by atoms with Crippen molar-refractivity contribution in [3.63, 3.8) is 0 Å². The second-order valence-corrected chi connectivity index (χ2v) is 6.25. The van der Waals surface area contributed by atoms with Crippen molar-refractivity contribution in [3.8, 4) is 5.75 Å². The number of carbonyl (C=O) groups excluding carboxylic acids is 2. The second kappa shape index (κ2) is 8.53. The smallest absolute Gasteiger partial charge is 0.243 e. The van der Waals surface area contributed by atoms with Crippen molar-refractivity contribution in [2.45, 2.75) is 6.92 Å². The Kier molecular flexibility index (Phi) is 6.42. The van der Waals surface area contributed by atoms with Crippen LogP contribution in [0, 0.1) is 3.57 Å². The molecule has 24 heavy (non-hydrogen) atoms. The summed E-state index contributed by atoms with van der Waals surface area (Å²) in [6.45, 7) is 1.51. The number of halogens is 1. The van der Waals surface area contributed by atoms with Crippen molar-refractivity contribution in [1.29, 1.82) is 0 Å². The molecule has 0 bridgehead atoms. The van der Waals surface area contributed by atoms with E-state index in [1.54, 1.807) is 25.3 Å². The summed E-state index contributed by atoms with van der Waals surface area (Å²) in [5.41, 5.74) is 2.00. The van der Waals surface area contributed by atoms with Gasteiger partial charge >= 0.3 is 0 Å². The first-order valence-electron chi connectivity index (χ1n) is 7.23. The molecular formula is C17H18IN3O3. The fraction of sp³-hybridized carbons (Fsp3) is 0.176. The van der Waals surface area contributed by atoms with Crippen LogP contribution in [0.25, 0.3) is 0 Å². The van der Waals surface area contributed by atoms with Crippen LogP contribution in [0.4, 0.5) is 17.1 Å². The number of methoxy groups -OCH3 is 1. The molecule has 7 heteroatoms. The third-order valence-electron chi connectivity index (χ3n) is 3.07. The van der Waals surface area contributed by atoms with E-state index in [9.17, 15) is 9.59 Å². The Labute approximate surface area is 154 Å². The molecule has 0 aliphatic rings. The summed E-state index contributed by atoms with van der Waals surface area (Å²) in [4.78, 5) is 23.2. The third kappa shape index (κ3) is 5.41. The van der Waals surface area contributed by atoms with Gasteiger partial charge in [-0.1, -0.05) is 6.07 Å². The maximum absolute atomic E-state index is 12.1. The number of rotatable bonds is 6. The molecule has 0 saturated carbocycles. The zero-order valence-corrected chi connectivity index (χ0v) is 15.5. The number of anilines is 3. The predicted octanol–water partition coefficient (Wildman–Crippen LogP) is 3.31. The van der Waals surface area contributed by atoms with Gasteiger partial charge in [0.05, 0.1) is 19.3 Å². The molecule has 0 saturated heterocycles. The van der Waals surface area contributed by atoms with Crippen molar-refractivity contribution >= 4 is 51.5 Å². The quantitative estimate of drug-likeness (QED) is 0.604. The van der Waals surface area contributed by atoms with Crippen LogP contribution in [-0.4, -0.2) is 25.5 Å². The number of nitrogens with one attached hydrogen (secondary N) is 3. The van der Waals surface area contributed by atoms with Crippen LogP contribution in [-0.2, 0) is 9.59 Å². The highest BCUT2D eigenvalue weighted by molar-refractivity contribution is 14.1. The lowest BCUT2D eigenvalue weighted by atomic mass is 10.2. The fourth-order valence-corrected chi connectivity index (χ4v) is 2.62. The summed E-state index contributed by atoms with van der Waals surface area (Å²) in [5.74, 6) is 0.248. The predicted molar refractivity (Wildman–Crippen MR) is 104 cm³/mol. The number of hydrogen-bond donors (Lipinski definition) is 3. The summed E-state index contributed by atoms with van der Waals surface area (Å²) in [7, 11) is 1.55. The normalized spacial score (nSPS) is 9.96. The summed E-state index contributed by atoms with van der Waals surface area (Å²) < 4.78 is 6.31. The summed E-state index contributed by atoms with van der Waals surface area (Å²) in [6, 6.07) is 12.7. The van der Waals surface area contributed by atoms with Crippen molar-refractivity contribution in [2.75, 3.05) is 29.6 Å². The van der Waals surface area contributed by atoms with Crippen molar-refractivity contribution in [1.82, 2.24) is 0 Å². The van der Waals surface area contributed by atoms with Crippen molar-refractivity contribution < 1.29 is 14.3 Å². The number of hydrogen-bond acceptors (Lipinski definition) is 4. The molecule has 0 aromatic heterocycles. The largest absolute Gasteiger partial charge is 0.495 e. The Morgan fingerprint density at radius 1 is 1.08 bits per heavy atom. The Bertz CT molecular complexity index is 750. The van der Waals surface area contributed by atoms with Crippen LogP contribution in [0.1, 0.15) is 6.92 Å². The van der Waals surface area contributed by atoms with Gasteiger partial charge in [0.25, 0.3) is 0 Å². The molecule has 3 N–H and O–H groups in total. The summed E-state index contributed by atoms with van der Waals surface area (Å²) in [6.07, 6.45) is 0. The molecule has 0 heterocycles. The monoisotopic (exact) mass is 439 g/mol. The van der Waals surface area contributed by atoms with E-state index in [-0.39, 0.29) is 18.4 Å². The third-order valence-corrected chi connectivity index (χ3v) is 3.74. The Hall–Kier alpha value is -2.29. The van der Waals surface area contributed by atoms with Crippen molar-refractivity contribution in [3.05, 3.63) is 46.0 Å². The molecule has 0 aliphatic heterocycles. The first-order valence-corrected chi connectivity index (χ1v) is 8.30. The van der Waals surface area contributed by atoms with E-state index in [2.05, 4.69) is 38.5 Å². The molecule has 2 aromatic rings. The minimum atomic E-state index is -0.177. The van der Waals surface area contributed by atoms with Gasteiger partial charge in [0.1, 0.15) is 5.75 Å². The van der Waals surface area contributed by atoms with Gasteiger partial charge < -0.3 is 20.7 Å². The van der Waals surface area contributed by atoms with E-state index in [1.165, 1.54) is 6.92 Å². The maximum atomic E-state index is 12.1. The van der Waals surface area contributed by atoms with E-state index in [4.69, 9.17) is 4.74 Å². The van der Waals surface area contributed by atoms with E-state index in [0.717, 1.165) is 9.26 Å². The van der Waals surface area contributed by atoms with Gasteiger partial charge in [-0.25, -0.2) is 0 Å². The molecule has 0 spiro atoms. The lowest BCUT2D eigenvalue weighted by Gasteiger charge is -2.13. The molecule has 2 amide bonds. The van der Waals surface area contributed by atoms with E-state index in [0.29, 0.717) is 17.1 Å².